The molecule has 1 amide bonds. The molecule has 3 heterocycles. The lowest BCUT2D eigenvalue weighted by molar-refractivity contribution is -0.137. The van der Waals surface area contributed by atoms with E-state index in [1.807, 2.05) is 0 Å². The maximum atomic E-state index is 13.5. The van der Waals surface area contributed by atoms with Crippen LogP contribution in [-0.2, 0) is 6.18 Å². The van der Waals surface area contributed by atoms with Gasteiger partial charge in [-0.3, -0.25) is 9.78 Å². The van der Waals surface area contributed by atoms with Crippen molar-refractivity contribution in [2.75, 3.05) is 23.3 Å². The number of nitrogens with zero attached hydrogens (tertiary/aromatic N) is 6. The van der Waals surface area contributed by atoms with Crippen LogP contribution in [0.1, 0.15) is 42.7 Å². The highest BCUT2D eigenvalue weighted by molar-refractivity contribution is 6.02. The summed E-state index contributed by atoms with van der Waals surface area (Å²) >= 11 is 0. The van der Waals surface area contributed by atoms with Crippen LogP contribution < -0.4 is 10.2 Å². The Labute approximate surface area is 199 Å². The third-order valence-electron chi connectivity index (χ3n) is 5.28. The van der Waals surface area contributed by atoms with E-state index in [2.05, 4.69) is 44.1 Å². The first-order valence-electron chi connectivity index (χ1n) is 11.2. The Morgan fingerprint density at radius 1 is 1.03 bits per heavy atom. The van der Waals surface area contributed by atoms with Crippen molar-refractivity contribution in [2.24, 2.45) is 0 Å². The molecule has 4 aromatic rings. The van der Waals surface area contributed by atoms with Crippen molar-refractivity contribution in [2.45, 2.75) is 32.9 Å². The third kappa shape index (κ3) is 5.23. The highest BCUT2D eigenvalue weighted by atomic mass is 19.4. The normalized spacial score (nSPS) is 11.6. The van der Waals surface area contributed by atoms with Gasteiger partial charge in [-0.1, -0.05) is 32.0 Å². The fourth-order valence-electron chi connectivity index (χ4n) is 3.73. The zero-order chi connectivity index (χ0) is 25.0. The summed E-state index contributed by atoms with van der Waals surface area (Å²) in [6.07, 6.45) is 1.67. The Hall–Kier alpha value is -4.02. The van der Waals surface area contributed by atoms with E-state index in [-0.39, 0.29) is 22.8 Å². The second kappa shape index (κ2) is 10.1. The summed E-state index contributed by atoms with van der Waals surface area (Å²) in [4.78, 5) is 27.8. The van der Waals surface area contributed by atoms with E-state index in [4.69, 9.17) is 0 Å². The number of carbonyl (C=O) groups excluding carboxylic acids is 1. The number of benzene rings is 1. The van der Waals surface area contributed by atoms with Gasteiger partial charge in [0.15, 0.2) is 11.5 Å². The minimum absolute atomic E-state index is 0.0709. The molecule has 1 N–H and O–H groups in total. The number of imidazole rings is 1. The summed E-state index contributed by atoms with van der Waals surface area (Å²) in [5, 5.41) is 7.01. The molecule has 0 spiro atoms. The van der Waals surface area contributed by atoms with Gasteiger partial charge in [-0.15, -0.1) is 0 Å². The Bertz CT molecular complexity index is 1330. The van der Waals surface area contributed by atoms with E-state index < -0.39 is 17.6 Å². The maximum Gasteiger partial charge on any atom is 0.417 e. The SMILES string of the molecule is CCCN(CCC)c1cncc(C(=O)Nc2cnc3ccc(-c4ccccc4C(F)(F)F)nn23)n1. The molecule has 0 radical (unpaired) electrons. The van der Waals surface area contributed by atoms with E-state index in [1.165, 1.54) is 41.2 Å². The first-order valence-corrected chi connectivity index (χ1v) is 11.2. The quantitative estimate of drug-likeness (QED) is 0.376. The van der Waals surface area contributed by atoms with Gasteiger partial charge >= 0.3 is 6.18 Å². The molecular formula is C24H24F3N7O. The number of aromatic nitrogens is 5. The zero-order valence-electron chi connectivity index (χ0n) is 19.3. The topological polar surface area (TPSA) is 88.3 Å². The van der Waals surface area contributed by atoms with Gasteiger partial charge in [0.25, 0.3) is 5.91 Å². The summed E-state index contributed by atoms with van der Waals surface area (Å²) in [5.74, 6) is 0.267. The van der Waals surface area contributed by atoms with Crippen molar-refractivity contribution in [3.8, 4) is 11.3 Å². The average molecular weight is 483 g/mol. The minimum Gasteiger partial charge on any atom is -0.355 e. The Morgan fingerprint density at radius 3 is 2.49 bits per heavy atom. The van der Waals surface area contributed by atoms with Gasteiger partial charge < -0.3 is 10.2 Å². The van der Waals surface area contributed by atoms with Crippen molar-refractivity contribution in [1.29, 1.82) is 0 Å². The van der Waals surface area contributed by atoms with Crippen molar-refractivity contribution in [1.82, 2.24) is 24.6 Å². The number of anilines is 2. The predicted octanol–water partition coefficient (Wildman–Crippen LogP) is 5.08. The van der Waals surface area contributed by atoms with Gasteiger partial charge in [0.05, 0.1) is 29.8 Å². The molecule has 11 heteroatoms. The molecule has 0 saturated heterocycles. The van der Waals surface area contributed by atoms with Crippen LogP contribution in [0.15, 0.2) is 55.0 Å². The van der Waals surface area contributed by atoms with Crippen LogP contribution in [0, 0.1) is 0 Å². The summed E-state index contributed by atoms with van der Waals surface area (Å²) in [5.41, 5.74) is -0.305. The molecule has 0 unspecified atom stereocenters. The maximum absolute atomic E-state index is 13.5. The average Bonchev–Trinajstić information content (AvgIpc) is 3.25. The summed E-state index contributed by atoms with van der Waals surface area (Å²) in [7, 11) is 0. The first-order chi connectivity index (χ1) is 16.8. The van der Waals surface area contributed by atoms with Crippen LogP contribution in [0.4, 0.5) is 24.8 Å². The number of nitrogens with one attached hydrogen (secondary N) is 1. The number of halogens is 3. The fourth-order valence-corrected chi connectivity index (χ4v) is 3.73. The van der Waals surface area contributed by atoms with Crippen molar-refractivity contribution >= 4 is 23.2 Å². The monoisotopic (exact) mass is 483 g/mol. The van der Waals surface area contributed by atoms with E-state index >= 15 is 0 Å². The number of hydrogen-bond donors (Lipinski definition) is 1. The Kier molecular flexibility index (Phi) is 6.94. The van der Waals surface area contributed by atoms with Crippen LogP contribution in [-0.4, -0.2) is 43.6 Å². The van der Waals surface area contributed by atoms with E-state index in [0.717, 1.165) is 32.0 Å². The third-order valence-corrected chi connectivity index (χ3v) is 5.28. The molecular weight excluding hydrogens is 459 g/mol. The standard InChI is InChI=1S/C24H24F3N7O/c1-3-11-33(12-4-2)21-14-28-13-19(30-21)23(35)31-22-15-29-20-10-9-18(32-34(20)22)16-7-5-6-8-17(16)24(25,26)27/h5-10,13-15H,3-4,11-12H2,1-2H3,(H,31,35). The molecule has 3 aromatic heterocycles. The number of amides is 1. The Morgan fingerprint density at radius 2 is 1.77 bits per heavy atom. The highest BCUT2D eigenvalue weighted by Gasteiger charge is 2.33. The summed E-state index contributed by atoms with van der Waals surface area (Å²) in [6, 6.07) is 8.20. The molecule has 0 aliphatic carbocycles. The Balaban J connectivity index is 1.64. The molecule has 0 saturated carbocycles. The first kappa shape index (κ1) is 24.1. The van der Waals surface area contributed by atoms with Crippen LogP contribution >= 0.6 is 0 Å². The highest BCUT2D eigenvalue weighted by Crippen LogP contribution is 2.36. The summed E-state index contributed by atoms with van der Waals surface area (Å²) in [6.45, 7) is 5.69. The van der Waals surface area contributed by atoms with E-state index in [0.29, 0.717) is 11.5 Å². The number of hydrogen-bond acceptors (Lipinski definition) is 6. The predicted molar refractivity (Wildman–Crippen MR) is 126 cm³/mol. The van der Waals surface area contributed by atoms with Gasteiger partial charge in [-0.2, -0.15) is 22.8 Å². The van der Waals surface area contributed by atoms with Crippen molar-refractivity contribution < 1.29 is 18.0 Å². The van der Waals surface area contributed by atoms with E-state index in [9.17, 15) is 18.0 Å². The van der Waals surface area contributed by atoms with Crippen LogP contribution in [0.5, 0.6) is 0 Å². The summed E-state index contributed by atoms with van der Waals surface area (Å²) < 4.78 is 41.8. The molecule has 0 aliphatic rings. The molecule has 1 aromatic carbocycles. The lowest BCUT2D eigenvalue weighted by Crippen LogP contribution is -2.27. The zero-order valence-corrected chi connectivity index (χ0v) is 19.3. The van der Waals surface area contributed by atoms with Crippen LogP contribution in [0.2, 0.25) is 0 Å². The van der Waals surface area contributed by atoms with Gasteiger partial charge in [0.1, 0.15) is 11.5 Å². The second-order valence-corrected chi connectivity index (χ2v) is 7.88. The molecule has 4 rings (SSSR count). The largest absolute Gasteiger partial charge is 0.417 e. The van der Waals surface area contributed by atoms with Gasteiger partial charge in [-0.05, 0) is 31.0 Å². The fraction of sp³-hybridized carbons (Fsp3) is 0.292. The molecule has 0 atom stereocenters. The molecule has 0 fully saturated rings. The number of rotatable bonds is 8. The molecule has 182 valence electrons. The minimum atomic E-state index is -4.54. The smallest absolute Gasteiger partial charge is 0.355 e. The van der Waals surface area contributed by atoms with Gasteiger partial charge in [0, 0.05) is 18.7 Å². The van der Waals surface area contributed by atoms with Crippen molar-refractivity contribution in [3.05, 3.63) is 66.2 Å². The lowest BCUT2D eigenvalue weighted by Gasteiger charge is -2.22. The molecule has 8 nitrogen and oxygen atoms in total. The van der Waals surface area contributed by atoms with Crippen molar-refractivity contribution in [3.63, 3.8) is 0 Å². The molecule has 35 heavy (non-hydrogen) atoms. The number of alkyl halides is 3. The van der Waals surface area contributed by atoms with E-state index in [1.54, 1.807) is 12.3 Å². The van der Waals surface area contributed by atoms with Crippen LogP contribution in [0.25, 0.3) is 16.9 Å². The molecule has 0 aliphatic heterocycles. The number of fused-ring (bicyclic) bond motifs is 1. The lowest BCUT2D eigenvalue weighted by atomic mass is 10.0. The second-order valence-electron chi connectivity index (χ2n) is 7.88. The van der Waals surface area contributed by atoms with Crippen LogP contribution in [0.3, 0.4) is 0 Å². The van der Waals surface area contributed by atoms with Gasteiger partial charge in [0.2, 0.25) is 0 Å². The number of carbonyl (C=O) groups is 1. The molecule has 0 bridgehead atoms. The van der Waals surface area contributed by atoms with Gasteiger partial charge in [-0.25, -0.2) is 9.97 Å².